The van der Waals surface area contributed by atoms with Crippen LogP contribution in [-0.2, 0) is 17.6 Å². The highest BCUT2D eigenvalue weighted by Crippen LogP contribution is 2.28. The van der Waals surface area contributed by atoms with Gasteiger partial charge in [0, 0.05) is 50.3 Å². The first-order valence-corrected chi connectivity index (χ1v) is 10.9. The van der Waals surface area contributed by atoms with Gasteiger partial charge in [-0.1, -0.05) is 42.5 Å². The molecule has 1 saturated heterocycles. The zero-order valence-corrected chi connectivity index (χ0v) is 16.9. The summed E-state index contributed by atoms with van der Waals surface area (Å²) >= 11 is 1.86. The summed E-state index contributed by atoms with van der Waals surface area (Å²) in [5.74, 6) is 2.20. The van der Waals surface area contributed by atoms with E-state index in [1.807, 2.05) is 31.2 Å². The van der Waals surface area contributed by atoms with E-state index in [1.54, 1.807) is 4.68 Å². The molecule has 0 radical (unpaired) electrons. The molecule has 2 aromatic carbocycles. The average Bonchev–Trinajstić information content (AvgIpc) is 3.36. The number of carbonyl (C=O) groups excluding carboxylic acids is 1. The van der Waals surface area contributed by atoms with Gasteiger partial charge in [-0.3, -0.25) is 9.48 Å². The van der Waals surface area contributed by atoms with Crippen molar-refractivity contribution in [1.82, 2.24) is 20.4 Å². The van der Waals surface area contributed by atoms with Crippen LogP contribution in [0.25, 0.3) is 10.8 Å². The lowest BCUT2D eigenvalue weighted by Gasteiger charge is -2.17. The molecular weight excluding hydrogens is 368 g/mol. The van der Waals surface area contributed by atoms with Crippen molar-refractivity contribution in [2.24, 2.45) is 13.0 Å². The van der Waals surface area contributed by atoms with Crippen LogP contribution in [0.15, 0.2) is 54.9 Å². The van der Waals surface area contributed by atoms with Gasteiger partial charge in [-0.25, -0.2) is 0 Å². The Labute approximate surface area is 169 Å². The number of benzene rings is 2. The number of nitrogens with one attached hydrogen (secondary N) is 2. The van der Waals surface area contributed by atoms with Crippen LogP contribution in [0.2, 0.25) is 0 Å². The summed E-state index contributed by atoms with van der Waals surface area (Å²) in [4.78, 5) is 12.7. The molecule has 1 aliphatic rings. The van der Waals surface area contributed by atoms with E-state index < -0.39 is 0 Å². The van der Waals surface area contributed by atoms with E-state index in [0.717, 1.165) is 30.2 Å². The standard InChI is InChI=1S/C22H26N4OS/c1-26-14-18(11-25-26)20-12-23-13-21(20)22(27)24-9-10-28-15-17-7-4-6-16-5-2-3-8-19(16)17/h2-8,11,14,20-21,23H,9-10,12-13,15H2,1H3,(H,24,27)/t20-,21+/m1/s1. The molecule has 0 aliphatic carbocycles. The van der Waals surface area contributed by atoms with Crippen LogP contribution >= 0.6 is 11.8 Å². The van der Waals surface area contributed by atoms with Gasteiger partial charge in [0.2, 0.25) is 5.91 Å². The van der Waals surface area contributed by atoms with Gasteiger partial charge >= 0.3 is 0 Å². The van der Waals surface area contributed by atoms with Crippen LogP contribution < -0.4 is 10.6 Å². The normalized spacial score (nSPS) is 19.2. The predicted octanol–water partition coefficient (Wildman–Crippen LogP) is 2.93. The summed E-state index contributed by atoms with van der Waals surface area (Å²) in [6, 6.07) is 15.0. The molecule has 5 nitrogen and oxygen atoms in total. The van der Waals surface area contributed by atoms with E-state index >= 15 is 0 Å². The number of hydrogen-bond acceptors (Lipinski definition) is 4. The maximum absolute atomic E-state index is 12.7. The fraction of sp³-hybridized carbons (Fsp3) is 0.364. The molecule has 1 amide bonds. The second kappa shape index (κ2) is 8.80. The average molecular weight is 395 g/mol. The molecule has 4 rings (SSSR count). The highest BCUT2D eigenvalue weighted by molar-refractivity contribution is 7.98. The molecule has 1 aliphatic heterocycles. The lowest BCUT2D eigenvalue weighted by atomic mass is 9.90. The van der Waals surface area contributed by atoms with Gasteiger partial charge in [0.15, 0.2) is 0 Å². The Balaban J connectivity index is 1.25. The first kappa shape index (κ1) is 19.0. The topological polar surface area (TPSA) is 59.0 Å². The Hall–Kier alpha value is -2.31. The molecular formula is C22H26N4OS. The Bertz CT molecular complexity index is 949. The largest absolute Gasteiger partial charge is 0.355 e. The van der Waals surface area contributed by atoms with Crippen LogP contribution in [-0.4, -0.2) is 41.1 Å². The third-order valence-corrected chi connectivity index (χ3v) is 6.40. The van der Waals surface area contributed by atoms with E-state index in [-0.39, 0.29) is 17.7 Å². The molecule has 6 heteroatoms. The molecule has 1 aromatic heterocycles. The molecule has 0 spiro atoms. The number of rotatable bonds is 7. The smallest absolute Gasteiger partial charge is 0.225 e. The van der Waals surface area contributed by atoms with E-state index in [4.69, 9.17) is 0 Å². The SMILES string of the molecule is Cn1cc([C@H]2CNC[C@@H]2C(=O)NCCSCc2cccc3ccccc23)cn1. The number of fused-ring (bicyclic) bond motifs is 1. The zero-order valence-electron chi connectivity index (χ0n) is 16.1. The van der Waals surface area contributed by atoms with E-state index in [2.05, 4.69) is 58.2 Å². The molecule has 146 valence electrons. The van der Waals surface area contributed by atoms with Crippen molar-refractivity contribution < 1.29 is 4.79 Å². The fourth-order valence-electron chi connectivity index (χ4n) is 3.91. The van der Waals surface area contributed by atoms with E-state index in [0.29, 0.717) is 6.54 Å². The molecule has 2 N–H and O–H groups in total. The van der Waals surface area contributed by atoms with Gasteiger partial charge in [0.1, 0.15) is 0 Å². The highest BCUT2D eigenvalue weighted by Gasteiger charge is 2.34. The number of amides is 1. The third kappa shape index (κ3) is 4.23. The van der Waals surface area contributed by atoms with E-state index in [1.165, 1.54) is 16.3 Å². The van der Waals surface area contributed by atoms with Crippen LogP contribution in [0.4, 0.5) is 0 Å². The minimum Gasteiger partial charge on any atom is -0.355 e. The summed E-state index contributed by atoms with van der Waals surface area (Å²) in [5.41, 5.74) is 2.49. The molecule has 2 atom stereocenters. The summed E-state index contributed by atoms with van der Waals surface area (Å²) in [6.45, 7) is 2.26. The summed E-state index contributed by atoms with van der Waals surface area (Å²) in [7, 11) is 1.91. The van der Waals surface area contributed by atoms with Crippen molar-refractivity contribution in [1.29, 1.82) is 0 Å². The van der Waals surface area contributed by atoms with Gasteiger partial charge in [0.25, 0.3) is 0 Å². The van der Waals surface area contributed by atoms with Crippen molar-refractivity contribution in [3.63, 3.8) is 0 Å². The number of hydrogen-bond donors (Lipinski definition) is 2. The first-order chi connectivity index (χ1) is 13.7. The number of aryl methyl sites for hydroxylation is 1. The first-order valence-electron chi connectivity index (χ1n) is 9.74. The number of aromatic nitrogens is 2. The van der Waals surface area contributed by atoms with Crippen LogP contribution in [0.5, 0.6) is 0 Å². The van der Waals surface area contributed by atoms with Gasteiger partial charge in [0.05, 0.1) is 12.1 Å². The quantitative estimate of drug-likeness (QED) is 0.605. The van der Waals surface area contributed by atoms with Crippen molar-refractivity contribution in [3.05, 3.63) is 66.0 Å². The third-order valence-electron chi connectivity index (χ3n) is 5.39. The highest BCUT2D eigenvalue weighted by atomic mass is 32.2. The van der Waals surface area contributed by atoms with Crippen LogP contribution in [0, 0.1) is 5.92 Å². The number of carbonyl (C=O) groups is 1. The second-order valence-corrected chi connectivity index (χ2v) is 8.41. The molecule has 3 aromatic rings. The number of thioether (sulfide) groups is 1. The Morgan fingerprint density at radius 1 is 1.25 bits per heavy atom. The molecule has 28 heavy (non-hydrogen) atoms. The Morgan fingerprint density at radius 2 is 2.11 bits per heavy atom. The Morgan fingerprint density at radius 3 is 2.96 bits per heavy atom. The summed E-state index contributed by atoms with van der Waals surface area (Å²) < 4.78 is 1.80. The maximum atomic E-state index is 12.7. The van der Waals surface area contributed by atoms with Crippen molar-refractivity contribution in [3.8, 4) is 0 Å². The maximum Gasteiger partial charge on any atom is 0.225 e. The molecule has 2 heterocycles. The van der Waals surface area contributed by atoms with Crippen molar-refractivity contribution in [2.75, 3.05) is 25.4 Å². The van der Waals surface area contributed by atoms with Gasteiger partial charge in [-0.2, -0.15) is 16.9 Å². The van der Waals surface area contributed by atoms with E-state index in [9.17, 15) is 4.79 Å². The molecule has 0 bridgehead atoms. The van der Waals surface area contributed by atoms with Crippen molar-refractivity contribution >= 4 is 28.4 Å². The minimum absolute atomic E-state index is 0.0210. The molecule has 0 saturated carbocycles. The van der Waals surface area contributed by atoms with Crippen molar-refractivity contribution in [2.45, 2.75) is 11.7 Å². The monoisotopic (exact) mass is 394 g/mol. The van der Waals surface area contributed by atoms with Crippen LogP contribution in [0.1, 0.15) is 17.0 Å². The van der Waals surface area contributed by atoms with Gasteiger partial charge in [-0.15, -0.1) is 0 Å². The second-order valence-electron chi connectivity index (χ2n) is 7.30. The van der Waals surface area contributed by atoms with Gasteiger partial charge < -0.3 is 10.6 Å². The van der Waals surface area contributed by atoms with Crippen LogP contribution in [0.3, 0.4) is 0 Å². The Kier molecular flexibility index (Phi) is 5.98. The lowest BCUT2D eigenvalue weighted by molar-refractivity contribution is -0.124. The lowest BCUT2D eigenvalue weighted by Crippen LogP contribution is -2.35. The van der Waals surface area contributed by atoms with Gasteiger partial charge in [-0.05, 0) is 21.9 Å². The molecule has 1 fully saturated rings. The predicted molar refractivity (Wildman–Crippen MR) is 115 cm³/mol. The zero-order chi connectivity index (χ0) is 19.3. The number of nitrogens with zero attached hydrogens (tertiary/aromatic N) is 2. The summed E-state index contributed by atoms with van der Waals surface area (Å²) in [6.07, 6.45) is 3.88. The fourth-order valence-corrected chi connectivity index (χ4v) is 4.78. The molecule has 0 unspecified atom stereocenters. The summed E-state index contributed by atoms with van der Waals surface area (Å²) in [5, 5.41) is 13.3. The minimum atomic E-state index is -0.0210.